The lowest BCUT2D eigenvalue weighted by molar-refractivity contribution is 0.458. The summed E-state index contributed by atoms with van der Waals surface area (Å²) in [5.41, 5.74) is 6.29. The smallest absolute Gasteiger partial charge is 0.237 e. The van der Waals surface area contributed by atoms with Crippen molar-refractivity contribution in [1.82, 2.24) is 4.98 Å². The molecule has 2 rings (SSSR count). The largest absolute Gasteiger partial charge is 0.436 e. The fourth-order valence-electron chi connectivity index (χ4n) is 1.26. The molecule has 0 spiro atoms. The van der Waals surface area contributed by atoms with E-state index in [0.717, 1.165) is 4.47 Å². The van der Waals surface area contributed by atoms with E-state index in [1.165, 1.54) is 12.3 Å². The number of hydrogen-bond acceptors (Lipinski definition) is 4. The van der Waals surface area contributed by atoms with Crippen LogP contribution in [0.4, 0.5) is 5.69 Å². The van der Waals surface area contributed by atoms with Crippen molar-refractivity contribution < 1.29 is 4.74 Å². The highest BCUT2D eigenvalue weighted by atomic mass is 79.9. The second-order valence-corrected chi connectivity index (χ2v) is 4.12. The van der Waals surface area contributed by atoms with Crippen molar-refractivity contribution in [2.45, 2.75) is 0 Å². The zero-order chi connectivity index (χ0) is 12.3. The Balaban J connectivity index is 2.37. The van der Waals surface area contributed by atoms with Crippen LogP contribution in [0.1, 0.15) is 5.56 Å². The zero-order valence-corrected chi connectivity index (χ0v) is 10.3. The normalized spacial score (nSPS) is 9.65. The molecule has 0 saturated carbocycles. The van der Waals surface area contributed by atoms with Crippen molar-refractivity contribution in [1.29, 1.82) is 5.26 Å². The van der Waals surface area contributed by atoms with E-state index >= 15 is 0 Å². The Bertz CT molecular complexity index is 593. The molecule has 0 bridgehead atoms. The van der Waals surface area contributed by atoms with Crippen LogP contribution in [-0.4, -0.2) is 4.98 Å². The van der Waals surface area contributed by atoms with Crippen LogP contribution in [0, 0.1) is 11.3 Å². The number of para-hydroxylation sites is 1. The lowest BCUT2D eigenvalue weighted by Crippen LogP contribution is -1.95. The molecule has 0 atom stereocenters. The number of ether oxygens (including phenoxy) is 1. The fourth-order valence-corrected chi connectivity index (χ4v) is 1.63. The molecule has 84 valence electrons. The SMILES string of the molecule is N#Cc1cc(N)cnc1Oc1ccccc1Br. The topological polar surface area (TPSA) is 71.9 Å². The summed E-state index contributed by atoms with van der Waals surface area (Å²) < 4.78 is 6.34. The number of rotatable bonds is 2. The van der Waals surface area contributed by atoms with Crippen LogP contribution in [0.25, 0.3) is 0 Å². The molecule has 0 saturated heterocycles. The van der Waals surface area contributed by atoms with Gasteiger partial charge in [-0.3, -0.25) is 0 Å². The molecule has 17 heavy (non-hydrogen) atoms. The van der Waals surface area contributed by atoms with Gasteiger partial charge in [-0.2, -0.15) is 5.26 Å². The molecule has 0 unspecified atom stereocenters. The average Bonchev–Trinajstić information content (AvgIpc) is 2.34. The number of nitrogens with two attached hydrogens (primary N) is 1. The van der Waals surface area contributed by atoms with Crippen molar-refractivity contribution in [3.8, 4) is 17.7 Å². The van der Waals surface area contributed by atoms with Crippen LogP contribution < -0.4 is 10.5 Å². The predicted molar refractivity (Wildman–Crippen MR) is 67.6 cm³/mol. The lowest BCUT2D eigenvalue weighted by atomic mass is 10.3. The minimum Gasteiger partial charge on any atom is -0.436 e. The summed E-state index contributed by atoms with van der Waals surface area (Å²) in [6.45, 7) is 0. The molecule has 1 aromatic heterocycles. The molecule has 0 aliphatic carbocycles. The van der Waals surface area contributed by atoms with Gasteiger partial charge in [0.2, 0.25) is 5.88 Å². The Morgan fingerprint density at radius 1 is 1.35 bits per heavy atom. The number of aromatic nitrogens is 1. The zero-order valence-electron chi connectivity index (χ0n) is 8.72. The number of halogens is 1. The van der Waals surface area contributed by atoms with Gasteiger partial charge < -0.3 is 10.5 Å². The summed E-state index contributed by atoms with van der Waals surface area (Å²) in [6, 6.07) is 10.9. The van der Waals surface area contributed by atoms with E-state index in [4.69, 9.17) is 15.7 Å². The summed E-state index contributed by atoms with van der Waals surface area (Å²) in [6.07, 6.45) is 1.45. The van der Waals surface area contributed by atoms with E-state index in [-0.39, 0.29) is 5.88 Å². The first-order chi connectivity index (χ1) is 8.20. The summed E-state index contributed by atoms with van der Waals surface area (Å²) >= 11 is 3.35. The average molecular weight is 290 g/mol. The Morgan fingerprint density at radius 2 is 2.12 bits per heavy atom. The Hall–Kier alpha value is -2.06. The van der Waals surface area contributed by atoms with Crippen LogP contribution >= 0.6 is 15.9 Å². The summed E-state index contributed by atoms with van der Waals surface area (Å²) in [5.74, 6) is 0.842. The first kappa shape index (κ1) is 11.4. The maximum Gasteiger partial charge on any atom is 0.237 e. The van der Waals surface area contributed by atoms with Gasteiger partial charge in [-0.15, -0.1) is 0 Å². The number of nitrogens with zero attached hydrogens (tertiary/aromatic N) is 2. The number of benzene rings is 1. The first-order valence-electron chi connectivity index (χ1n) is 4.78. The Morgan fingerprint density at radius 3 is 2.82 bits per heavy atom. The molecule has 1 heterocycles. The van der Waals surface area contributed by atoms with Crippen molar-refractivity contribution in [3.63, 3.8) is 0 Å². The summed E-state index contributed by atoms with van der Waals surface area (Å²) in [4.78, 5) is 3.99. The minimum absolute atomic E-state index is 0.244. The molecule has 2 N–H and O–H groups in total. The molecule has 1 aromatic carbocycles. The lowest BCUT2D eigenvalue weighted by Gasteiger charge is -2.07. The molecular weight excluding hydrogens is 282 g/mol. The van der Waals surface area contributed by atoms with Gasteiger partial charge in [0.05, 0.1) is 16.4 Å². The van der Waals surface area contributed by atoms with E-state index < -0.39 is 0 Å². The van der Waals surface area contributed by atoms with Crippen molar-refractivity contribution in [2.75, 3.05) is 5.73 Å². The molecule has 5 heteroatoms. The van der Waals surface area contributed by atoms with E-state index in [9.17, 15) is 0 Å². The molecule has 4 nitrogen and oxygen atoms in total. The van der Waals surface area contributed by atoms with Gasteiger partial charge in [0, 0.05) is 0 Å². The number of pyridine rings is 1. The molecule has 0 aliphatic heterocycles. The highest BCUT2D eigenvalue weighted by molar-refractivity contribution is 9.10. The van der Waals surface area contributed by atoms with E-state index in [1.54, 1.807) is 6.07 Å². The fraction of sp³-hybridized carbons (Fsp3) is 0. The Labute approximate surface area is 107 Å². The van der Waals surface area contributed by atoms with Gasteiger partial charge in [-0.05, 0) is 34.1 Å². The third-order valence-corrected chi connectivity index (χ3v) is 2.69. The summed E-state index contributed by atoms with van der Waals surface area (Å²) in [5, 5.41) is 8.95. The first-order valence-corrected chi connectivity index (χ1v) is 5.58. The molecular formula is C12H8BrN3O. The summed E-state index contributed by atoms with van der Waals surface area (Å²) in [7, 11) is 0. The number of hydrogen-bond donors (Lipinski definition) is 1. The van der Waals surface area contributed by atoms with Gasteiger partial charge >= 0.3 is 0 Å². The van der Waals surface area contributed by atoms with E-state index in [2.05, 4.69) is 20.9 Å². The maximum atomic E-state index is 8.95. The number of nitriles is 1. The molecule has 0 amide bonds. The number of anilines is 1. The van der Waals surface area contributed by atoms with Gasteiger partial charge in [-0.1, -0.05) is 12.1 Å². The minimum atomic E-state index is 0.244. The molecule has 2 aromatic rings. The molecule has 0 fully saturated rings. The highest BCUT2D eigenvalue weighted by Gasteiger charge is 2.08. The number of nitrogen functional groups attached to an aromatic ring is 1. The van der Waals surface area contributed by atoms with Crippen molar-refractivity contribution >= 4 is 21.6 Å². The highest BCUT2D eigenvalue weighted by Crippen LogP contribution is 2.30. The van der Waals surface area contributed by atoms with Crippen LogP contribution in [0.5, 0.6) is 11.6 Å². The maximum absolute atomic E-state index is 8.95. The van der Waals surface area contributed by atoms with Crippen molar-refractivity contribution in [2.24, 2.45) is 0 Å². The van der Waals surface area contributed by atoms with Crippen molar-refractivity contribution in [3.05, 3.63) is 46.6 Å². The quantitative estimate of drug-likeness (QED) is 0.922. The molecule has 0 aliphatic rings. The second kappa shape index (κ2) is 4.85. The van der Waals surface area contributed by atoms with Crippen LogP contribution in [-0.2, 0) is 0 Å². The van der Waals surface area contributed by atoms with Crippen LogP contribution in [0.2, 0.25) is 0 Å². The van der Waals surface area contributed by atoms with E-state index in [0.29, 0.717) is 17.0 Å². The van der Waals surface area contributed by atoms with Gasteiger partial charge in [0.1, 0.15) is 17.4 Å². The van der Waals surface area contributed by atoms with Crippen LogP contribution in [0.15, 0.2) is 41.0 Å². The standard InChI is InChI=1S/C12H8BrN3O/c13-10-3-1-2-4-11(10)17-12-8(6-14)5-9(15)7-16-12/h1-5,7H,15H2. The second-order valence-electron chi connectivity index (χ2n) is 3.27. The van der Waals surface area contributed by atoms with Gasteiger partial charge in [-0.25, -0.2) is 4.98 Å². The van der Waals surface area contributed by atoms with Crippen LogP contribution in [0.3, 0.4) is 0 Å². The molecule has 0 radical (unpaired) electrons. The Kier molecular flexibility index (Phi) is 3.26. The van der Waals surface area contributed by atoms with Gasteiger partial charge in [0.15, 0.2) is 0 Å². The van der Waals surface area contributed by atoms with Gasteiger partial charge in [0.25, 0.3) is 0 Å². The predicted octanol–water partition coefficient (Wildman–Crippen LogP) is 3.09. The third-order valence-electron chi connectivity index (χ3n) is 2.04. The van der Waals surface area contributed by atoms with E-state index in [1.807, 2.05) is 24.3 Å². The monoisotopic (exact) mass is 289 g/mol. The third kappa shape index (κ3) is 2.55.